The SMILES string of the molecule is Cc1cccnc1N1CC[C@H](NS(C)(=O)=O)[C@H](COC2CCC(c3ccccc3)CC2)C1. The molecule has 0 radical (unpaired) electrons. The quantitative estimate of drug-likeness (QED) is 0.683. The second-order valence-electron chi connectivity index (χ2n) is 9.35. The lowest BCUT2D eigenvalue weighted by molar-refractivity contribution is -0.00214. The third kappa shape index (κ3) is 6.09. The third-order valence-electron chi connectivity index (χ3n) is 6.87. The minimum atomic E-state index is -3.27. The summed E-state index contributed by atoms with van der Waals surface area (Å²) in [5.74, 6) is 1.69. The van der Waals surface area contributed by atoms with Crippen molar-refractivity contribution in [3.63, 3.8) is 0 Å². The van der Waals surface area contributed by atoms with E-state index in [1.54, 1.807) is 0 Å². The molecule has 1 saturated heterocycles. The third-order valence-corrected chi connectivity index (χ3v) is 7.60. The van der Waals surface area contributed by atoms with Crippen LogP contribution in [0.3, 0.4) is 0 Å². The maximum absolute atomic E-state index is 11.9. The molecule has 1 aliphatic heterocycles. The van der Waals surface area contributed by atoms with E-state index in [2.05, 4.69) is 57.9 Å². The van der Waals surface area contributed by atoms with Gasteiger partial charge in [-0.05, 0) is 62.1 Å². The largest absolute Gasteiger partial charge is 0.378 e. The summed E-state index contributed by atoms with van der Waals surface area (Å²) in [7, 11) is -3.27. The molecule has 7 heteroatoms. The first-order valence-electron chi connectivity index (χ1n) is 11.7. The highest BCUT2D eigenvalue weighted by Gasteiger charge is 2.33. The van der Waals surface area contributed by atoms with Gasteiger partial charge in [-0.1, -0.05) is 36.4 Å². The van der Waals surface area contributed by atoms with Crippen LogP contribution < -0.4 is 9.62 Å². The van der Waals surface area contributed by atoms with E-state index in [0.29, 0.717) is 12.5 Å². The average Bonchev–Trinajstić information content (AvgIpc) is 2.79. The van der Waals surface area contributed by atoms with Gasteiger partial charge in [-0.2, -0.15) is 0 Å². The summed E-state index contributed by atoms with van der Waals surface area (Å²) >= 11 is 0. The van der Waals surface area contributed by atoms with Gasteiger partial charge >= 0.3 is 0 Å². The van der Waals surface area contributed by atoms with E-state index in [4.69, 9.17) is 4.74 Å². The van der Waals surface area contributed by atoms with Crippen molar-refractivity contribution in [1.29, 1.82) is 0 Å². The number of pyridine rings is 1. The van der Waals surface area contributed by atoms with Crippen molar-refractivity contribution in [2.75, 3.05) is 30.9 Å². The molecule has 1 aliphatic carbocycles. The van der Waals surface area contributed by atoms with Crippen molar-refractivity contribution in [2.24, 2.45) is 5.92 Å². The number of hydrogen-bond acceptors (Lipinski definition) is 5. The fourth-order valence-electron chi connectivity index (χ4n) is 5.18. The zero-order chi connectivity index (χ0) is 22.6. The summed E-state index contributed by atoms with van der Waals surface area (Å²) < 4.78 is 33.1. The number of nitrogens with zero attached hydrogens (tertiary/aromatic N) is 2. The first kappa shape index (κ1) is 23.2. The number of aryl methyl sites for hydroxylation is 1. The summed E-state index contributed by atoms with van der Waals surface area (Å²) in [6.45, 7) is 4.16. The van der Waals surface area contributed by atoms with Gasteiger partial charge in [0.15, 0.2) is 0 Å². The number of piperidine rings is 1. The van der Waals surface area contributed by atoms with Crippen LogP contribution in [0.5, 0.6) is 0 Å². The molecule has 0 amide bonds. The number of ether oxygens (including phenoxy) is 1. The van der Waals surface area contributed by atoms with E-state index in [1.807, 2.05) is 12.3 Å². The lowest BCUT2D eigenvalue weighted by Gasteiger charge is -2.40. The van der Waals surface area contributed by atoms with Crippen LogP contribution in [0.15, 0.2) is 48.7 Å². The molecule has 0 bridgehead atoms. The molecule has 2 aromatic rings. The first-order valence-corrected chi connectivity index (χ1v) is 13.6. The molecule has 1 aromatic carbocycles. The van der Waals surface area contributed by atoms with Crippen LogP contribution in [-0.2, 0) is 14.8 Å². The van der Waals surface area contributed by atoms with Gasteiger partial charge in [-0.3, -0.25) is 0 Å². The van der Waals surface area contributed by atoms with E-state index >= 15 is 0 Å². The first-order chi connectivity index (χ1) is 15.4. The van der Waals surface area contributed by atoms with Crippen LogP contribution in [0.1, 0.15) is 49.1 Å². The van der Waals surface area contributed by atoms with Gasteiger partial charge in [0, 0.05) is 31.2 Å². The Kier molecular flexibility index (Phi) is 7.48. The molecular weight excluding hydrogens is 422 g/mol. The number of sulfonamides is 1. The Balaban J connectivity index is 1.36. The van der Waals surface area contributed by atoms with Crippen molar-refractivity contribution in [1.82, 2.24) is 9.71 Å². The minimum absolute atomic E-state index is 0.0896. The van der Waals surface area contributed by atoms with E-state index in [1.165, 1.54) is 11.8 Å². The standard InChI is InChI=1S/C25H35N3O3S/c1-19-7-6-15-26-25(19)28-16-14-24(27-32(2,29)30)22(17-28)18-31-23-12-10-21(11-13-23)20-8-4-3-5-9-20/h3-9,15,21-24,27H,10-14,16-18H2,1-2H3/t21?,22-,23?,24-/m0/s1. The van der Waals surface area contributed by atoms with E-state index in [-0.39, 0.29) is 18.1 Å². The molecular formula is C25H35N3O3S. The van der Waals surface area contributed by atoms with Crippen LogP contribution in [0.2, 0.25) is 0 Å². The molecule has 6 nitrogen and oxygen atoms in total. The molecule has 0 unspecified atom stereocenters. The normalized spacial score (nSPS) is 26.8. The molecule has 0 spiro atoms. The number of nitrogens with one attached hydrogen (secondary N) is 1. The van der Waals surface area contributed by atoms with Crippen LogP contribution in [0.25, 0.3) is 0 Å². The molecule has 1 saturated carbocycles. The maximum Gasteiger partial charge on any atom is 0.208 e. The molecule has 2 fully saturated rings. The van der Waals surface area contributed by atoms with E-state index in [0.717, 1.165) is 56.6 Å². The van der Waals surface area contributed by atoms with Crippen molar-refractivity contribution in [3.8, 4) is 0 Å². The maximum atomic E-state index is 11.9. The Bertz CT molecular complexity index is 975. The van der Waals surface area contributed by atoms with Gasteiger partial charge in [0.25, 0.3) is 0 Å². The predicted molar refractivity (Wildman–Crippen MR) is 128 cm³/mol. The predicted octanol–water partition coefficient (Wildman–Crippen LogP) is 3.88. The number of hydrogen-bond donors (Lipinski definition) is 1. The van der Waals surface area contributed by atoms with Gasteiger partial charge in [-0.15, -0.1) is 0 Å². The highest BCUT2D eigenvalue weighted by atomic mass is 32.2. The monoisotopic (exact) mass is 457 g/mol. The molecule has 2 atom stereocenters. The van der Waals surface area contributed by atoms with Gasteiger partial charge in [0.2, 0.25) is 10.0 Å². The number of benzene rings is 1. The molecule has 1 N–H and O–H groups in total. The summed E-state index contributed by atoms with van der Waals surface area (Å²) in [6, 6.07) is 14.7. The van der Waals surface area contributed by atoms with Crippen molar-refractivity contribution in [3.05, 3.63) is 59.8 Å². The van der Waals surface area contributed by atoms with Gasteiger partial charge in [0.05, 0.1) is 19.0 Å². The summed E-state index contributed by atoms with van der Waals surface area (Å²) in [5, 5.41) is 0. The second-order valence-corrected chi connectivity index (χ2v) is 11.1. The molecule has 2 aliphatic rings. The smallest absolute Gasteiger partial charge is 0.208 e. The topological polar surface area (TPSA) is 71.5 Å². The summed E-state index contributed by atoms with van der Waals surface area (Å²) in [5.41, 5.74) is 2.57. The Morgan fingerprint density at radius 3 is 2.50 bits per heavy atom. The lowest BCUT2D eigenvalue weighted by atomic mass is 9.82. The number of rotatable bonds is 7. The van der Waals surface area contributed by atoms with Crippen LogP contribution in [-0.4, -0.2) is 51.5 Å². The lowest BCUT2D eigenvalue weighted by Crippen LogP contribution is -2.53. The highest BCUT2D eigenvalue weighted by molar-refractivity contribution is 7.88. The fourth-order valence-corrected chi connectivity index (χ4v) is 6.04. The molecule has 4 rings (SSSR count). The average molecular weight is 458 g/mol. The van der Waals surface area contributed by atoms with Crippen molar-refractivity contribution >= 4 is 15.8 Å². The molecule has 1 aromatic heterocycles. The van der Waals surface area contributed by atoms with Gasteiger partial charge < -0.3 is 9.64 Å². The number of aromatic nitrogens is 1. The summed E-state index contributed by atoms with van der Waals surface area (Å²) in [6.07, 6.45) is 8.45. The van der Waals surface area contributed by atoms with Crippen LogP contribution >= 0.6 is 0 Å². The molecule has 2 heterocycles. The second kappa shape index (κ2) is 10.3. The highest BCUT2D eigenvalue weighted by Crippen LogP contribution is 2.34. The van der Waals surface area contributed by atoms with Crippen molar-refractivity contribution < 1.29 is 13.2 Å². The number of anilines is 1. The van der Waals surface area contributed by atoms with Crippen LogP contribution in [0.4, 0.5) is 5.82 Å². The molecule has 174 valence electrons. The Hall–Kier alpha value is -1.96. The van der Waals surface area contributed by atoms with E-state index < -0.39 is 10.0 Å². The Morgan fingerprint density at radius 2 is 1.81 bits per heavy atom. The minimum Gasteiger partial charge on any atom is -0.378 e. The zero-order valence-corrected chi connectivity index (χ0v) is 19.9. The molecule has 32 heavy (non-hydrogen) atoms. The van der Waals surface area contributed by atoms with Gasteiger partial charge in [0.1, 0.15) is 5.82 Å². The Morgan fingerprint density at radius 1 is 1.06 bits per heavy atom. The Labute approximate surface area is 192 Å². The summed E-state index contributed by atoms with van der Waals surface area (Å²) in [4.78, 5) is 6.84. The van der Waals surface area contributed by atoms with Crippen molar-refractivity contribution in [2.45, 2.75) is 57.1 Å². The van der Waals surface area contributed by atoms with Gasteiger partial charge in [-0.25, -0.2) is 18.1 Å². The van der Waals surface area contributed by atoms with E-state index in [9.17, 15) is 8.42 Å². The fraction of sp³-hybridized carbons (Fsp3) is 0.560. The zero-order valence-electron chi connectivity index (χ0n) is 19.1. The van der Waals surface area contributed by atoms with Crippen LogP contribution in [0, 0.1) is 12.8 Å².